The Labute approximate surface area is 124 Å². The minimum absolute atomic E-state index is 0.128. The predicted molar refractivity (Wildman–Crippen MR) is 81.3 cm³/mol. The molecule has 0 radical (unpaired) electrons. The molecule has 2 aliphatic rings. The number of piperidine rings is 2. The van der Waals surface area contributed by atoms with Gasteiger partial charge in [0.25, 0.3) is 5.91 Å². The molecule has 1 aromatic rings. The first-order valence-electron chi connectivity index (χ1n) is 7.69. The molecule has 2 saturated heterocycles. The van der Waals surface area contributed by atoms with Gasteiger partial charge in [-0.3, -0.25) is 4.79 Å². The van der Waals surface area contributed by atoms with Crippen LogP contribution in [0, 0.1) is 5.92 Å². The van der Waals surface area contributed by atoms with Crippen molar-refractivity contribution in [2.45, 2.75) is 38.5 Å². The van der Waals surface area contributed by atoms with Crippen LogP contribution in [0.4, 0.5) is 0 Å². The zero-order chi connectivity index (χ0) is 13.9. The van der Waals surface area contributed by atoms with Crippen molar-refractivity contribution >= 4 is 17.2 Å². The number of hydrogen-bond acceptors (Lipinski definition) is 4. The second kappa shape index (κ2) is 6.22. The molecular weight excluding hydrogens is 270 g/mol. The summed E-state index contributed by atoms with van der Waals surface area (Å²) in [6.07, 6.45) is 4.75. The summed E-state index contributed by atoms with van der Waals surface area (Å²) in [7, 11) is 0. The molecule has 0 saturated carbocycles. The van der Waals surface area contributed by atoms with Crippen LogP contribution >= 0.6 is 11.3 Å². The van der Waals surface area contributed by atoms with E-state index in [-0.39, 0.29) is 5.91 Å². The summed E-state index contributed by atoms with van der Waals surface area (Å²) < 4.78 is 0. The second-order valence-corrected chi connectivity index (χ2v) is 7.00. The average molecular weight is 293 g/mol. The van der Waals surface area contributed by atoms with Gasteiger partial charge in [-0.05, 0) is 38.1 Å². The molecule has 0 spiro atoms. The number of thiazole rings is 1. The zero-order valence-electron chi connectivity index (χ0n) is 12.1. The van der Waals surface area contributed by atoms with E-state index in [2.05, 4.69) is 17.2 Å². The van der Waals surface area contributed by atoms with E-state index in [4.69, 9.17) is 0 Å². The van der Waals surface area contributed by atoms with E-state index in [1.807, 2.05) is 10.3 Å². The number of aromatic nitrogens is 1. The second-order valence-electron chi connectivity index (χ2n) is 6.11. The predicted octanol–water partition coefficient (Wildman–Crippen LogP) is 2.48. The molecule has 2 atom stereocenters. The lowest BCUT2D eigenvalue weighted by molar-refractivity contribution is 0.0677. The lowest BCUT2D eigenvalue weighted by atomic mass is 10.00. The highest BCUT2D eigenvalue weighted by Gasteiger charge is 2.25. The molecular formula is C15H23N3OS. The Morgan fingerprint density at radius 2 is 2.35 bits per heavy atom. The normalized spacial score (nSPS) is 27.6. The van der Waals surface area contributed by atoms with Crippen molar-refractivity contribution in [3.8, 4) is 0 Å². The third kappa shape index (κ3) is 3.04. The summed E-state index contributed by atoms with van der Waals surface area (Å²) >= 11 is 1.65. The Hall–Kier alpha value is -0.940. The van der Waals surface area contributed by atoms with Gasteiger partial charge in [-0.15, -0.1) is 11.3 Å². The van der Waals surface area contributed by atoms with Crippen molar-refractivity contribution in [1.29, 1.82) is 0 Å². The molecule has 0 aliphatic carbocycles. The van der Waals surface area contributed by atoms with Crippen molar-refractivity contribution < 1.29 is 4.79 Å². The number of rotatable bonds is 2. The summed E-state index contributed by atoms with van der Waals surface area (Å²) in [6, 6.07) is 0. The standard InChI is InChI=1S/C15H23N3OS/c1-11-4-3-7-18(9-11)15(19)13-10-20-14(17-13)12-5-2-6-16-8-12/h10-12,16H,2-9H2,1H3. The first kappa shape index (κ1) is 14.0. The fourth-order valence-electron chi connectivity index (χ4n) is 3.17. The van der Waals surface area contributed by atoms with Crippen LogP contribution < -0.4 is 5.32 Å². The van der Waals surface area contributed by atoms with Gasteiger partial charge in [0.2, 0.25) is 0 Å². The van der Waals surface area contributed by atoms with Crippen LogP contribution in [0.25, 0.3) is 0 Å². The van der Waals surface area contributed by atoms with Crippen molar-refractivity contribution in [2.75, 3.05) is 26.2 Å². The van der Waals surface area contributed by atoms with E-state index in [1.165, 1.54) is 19.3 Å². The molecule has 2 unspecified atom stereocenters. The third-order valence-electron chi connectivity index (χ3n) is 4.33. The van der Waals surface area contributed by atoms with E-state index in [1.54, 1.807) is 11.3 Å². The number of likely N-dealkylation sites (tertiary alicyclic amines) is 1. The number of carbonyl (C=O) groups is 1. The van der Waals surface area contributed by atoms with Crippen LogP contribution in [0.1, 0.15) is 54.0 Å². The van der Waals surface area contributed by atoms with Crippen LogP contribution in [0.2, 0.25) is 0 Å². The topological polar surface area (TPSA) is 45.2 Å². The van der Waals surface area contributed by atoms with Gasteiger partial charge in [-0.2, -0.15) is 0 Å². The molecule has 20 heavy (non-hydrogen) atoms. The monoisotopic (exact) mass is 293 g/mol. The molecule has 1 N–H and O–H groups in total. The van der Waals surface area contributed by atoms with Crippen LogP contribution in [-0.2, 0) is 0 Å². The maximum absolute atomic E-state index is 12.5. The molecule has 1 amide bonds. The van der Waals surface area contributed by atoms with Gasteiger partial charge < -0.3 is 10.2 Å². The first-order chi connectivity index (χ1) is 9.74. The molecule has 110 valence electrons. The zero-order valence-corrected chi connectivity index (χ0v) is 12.9. The molecule has 0 aromatic carbocycles. The van der Waals surface area contributed by atoms with Gasteiger partial charge in [0.15, 0.2) is 0 Å². The van der Waals surface area contributed by atoms with Crippen molar-refractivity contribution in [2.24, 2.45) is 5.92 Å². The van der Waals surface area contributed by atoms with Crippen LogP contribution in [0.5, 0.6) is 0 Å². The van der Waals surface area contributed by atoms with Gasteiger partial charge in [-0.25, -0.2) is 4.98 Å². The molecule has 2 fully saturated rings. The van der Waals surface area contributed by atoms with Crippen molar-refractivity contribution in [3.63, 3.8) is 0 Å². The maximum atomic E-state index is 12.5. The van der Waals surface area contributed by atoms with Crippen LogP contribution in [-0.4, -0.2) is 42.0 Å². The maximum Gasteiger partial charge on any atom is 0.273 e. The van der Waals surface area contributed by atoms with Gasteiger partial charge in [0, 0.05) is 30.9 Å². The lowest BCUT2D eigenvalue weighted by Crippen LogP contribution is -2.39. The average Bonchev–Trinajstić information content (AvgIpc) is 2.97. The number of amides is 1. The summed E-state index contributed by atoms with van der Waals surface area (Å²) in [5.41, 5.74) is 0.657. The minimum Gasteiger partial charge on any atom is -0.337 e. The lowest BCUT2D eigenvalue weighted by Gasteiger charge is -2.30. The van der Waals surface area contributed by atoms with E-state index in [0.29, 0.717) is 17.5 Å². The SMILES string of the molecule is CC1CCCN(C(=O)c2csc(C3CCCNC3)n2)C1. The molecule has 5 heteroatoms. The third-order valence-corrected chi connectivity index (χ3v) is 5.34. The van der Waals surface area contributed by atoms with Gasteiger partial charge in [0.1, 0.15) is 5.69 Å². The molecule has 3 rings (SSSR count). The fourth-order valence-corrected chi connectivity index (χ4v) is 4.10. The first-order valence-corrected chi connectivity index (χ1v) is 8.57. The van der Waals surface area contributed by atoms with E-state index >= 15 is 0 Å². The van der Waals surface area contributed by atoms with Crippen molar-refractivity contribution in [1.82, 2.24) is 15.2 Å². The summed E-state index contributed by atoms with van der Waals surface area (Å²) in [4.78, 5) is 19.1. The highest BCUT2D eigenvalue weighted by Crippen LogP contribution is 2.27. The Bertz CT molecular complexity index is 467. The molecule has 1 aromatic heterocycles. The number of nitrogens with zero attached hydrogens (tertiary/aromatic N) is 2. The minimum atomic E-state index is 0.128. The fraction of sp³-hybridized carbons (Fsp3) is 0.733. The molecule has 4 nitrogen and oxygen atoms in total. The van der Waals surface area contributed by atoms with Crippen LogP contribution in [0.3, 0.4) is 0 Å². The molecule has 3 heterocycles. The summed E-state index contributed by atoms with van der Waals surface area (Å²) in [6.45, 7) is 6.11. The van der Waals surface area contributed by atoms with Crippen LogP contribution in [0.15, 0.2) is 5.38 Å². The van der Waals surface area contributed by atoms with E-state index in [9.17, 15) is 4.79 Å². The highest BCUT2D eigenvalue weighted by molar-refractivity contribution is 7.09. The summed E-state index contributed by atoms with van der Waals surface area (Å²) in [5, 5.41) is 6.49. The Balaban J connectivity index is 1.67. The number of nitrogens with one attached hydrogen (secondary N) is 1. The molecule has 0 bridgehead atoms. The molecule has 2 aliphatic heterocycles. The quantitative estimate of drug-likeness (QED) is 0.911. The van der Waals surface area contributed by atoms with Crippen molar-refractivity contribution in [3.05, 3.63) is 16.1 Å². The highest BCUT2D eigenvalue weighted by atomic mass is 32.1. The van der Waals surface area contributed by atoms with Gasteiger partial charge >= 0.3 is 0 Å². The van der Waals surface area contributed by atoms with Gasteiger partial charge in [-0.1, -0.05) is 6.92 Å². The summed E-state index contributed by atoms with van der Waals surface area (Å²) in [5.74, 6) is 1.24. The largest absolute Gasteiger partial charge is 0.337 e. The van der Waals surface area contributed by atoms with Gasteiger partial charge in [0.05, 0.1) is 5.01 Å². The number of hydrogen-bond donors (Lipinski definition) is 1. The Morgan fingerprint density at radius 1 is 1.45 bits per heavy atom. The van der Waals surface area contributed by atoms with E-state index < -0.39 is 0 Å². The smallest absolute Gasteiger partial charge is 0.273 e. The van der Waals surface area contributed by atoms with E-state index in [0.717, 1.165) is 37.6 Å². The Morgan fingerprint density at radius 3 is 3.10 bits per heavy atom. The Kier molecular flexibility index (Phi) is 4.36. The number of carbonyl (C=O) groups excluding carboxylic acids is 1.